The normalized spacial score (nSPS) is 21.9. The predicted octanol–water partition coefficient (Wildman–Crippen LogP) is 2.86. The molecule has 116 valence electrons. The highest BCUT2D eigenvalue weighted by molar-refractivity contribution is 5.95. The fourth-order valence-electron chi connectivity index (χ4n) is 3.06. The molecule has 1 aliphatic rings. The summed E-state index contributed by atoms with van der Waals surface area (Å²) in [7, 11) is 3.40. The third-order valence-electron chi connectivity index (χ3n) is 4.63. The topological polar surface area (TPSA) is 68.5 Å². The summed E-state index contributed by atoms with van der Waals surface area (Å²) in [5, 5.41) is 0. The zero-order valence-electron chi connectivity index (χ0n) is 13.1. The number of nitrogens with zero attached hydrogens (tertiary/aromatic N) is 2. The number of esters is 1. The SMILES string of the molecule is CCC1CCC(N(C)c2cc(C(=O)OC)c(N)cn2)CC1. The van der Waals surface area contributed by atoms with Crippen LogP contribution in [0.2, 0.25) is 0 Å². The first kappa shape index (κ1) is 15.6. The number of hydrogen-bond donors (Lipinski definition) is 1. The van der Waals surface area contributed by atoms with Gasteiger partial charge in [0.15, 0.2) is 0 Å². The van der Waals surface area contributed by atoms with E-state index >= 15 is 0 Å². The van der Waals surface area contributed by atoms with Crippen LogP contribution in [0, 0.1) is 5.92 Å². The van der Waals surface area contributed by atoms with E-state index in [0.29, 0.717) is 17.3 Å². The minimum absolute atomic E-state index is 0.355. The molecule has 1 aliphatic carbocycles. The Hall–Kier alpha value is -1.78. The van der Waals surface area contributed by atoms with Crippen LogP contribution < -0.4 is 10.6 Å². The Kier molecular flexibility index (Phi) is 5.04. The number of hydrogen-bond acceptors (Lipinski definition) is 5. The molecule has 1 heterocycles. The summed E-state index contributed by atoms with van der Waals surface area (Å²) in [4.78, 5) is 18.2. The molecule has 0 aliphatic heterocycles. The van der Waals surface area contributed by atoms with Crippen molar-refractivity contribution in [1.29, 1.82) is 0 Å². The van der Waals surface area contributed by atoms with Gasteiger partial charge in [-0.2, -0.15) is 0 Å². The van der Waals surface area contributed by atoms with E-state index in [0.717, 1.165) is 11.7 Å². The Bertz CT molecular complexity index is 496. The van der Waals surface area contributed by atoms with E-state index in [4.69, 9.17) is 10.5 Å². The average molecular weight is 291 g/mol. The standard InChI is InChI=1S/C16H25N3O2/c1-4-11-5-7-12(8-6-11)19(2)15-9-13(16(20)21-3)14(17)10-18-15/h9-12H,4-8,17H2,1-3H3. The lowest BCUT2D eigenvalue weighted by Gasteiger charge is -2.35. The first-order valence-corrected chi connectivity index (χ1v) is 7.63. The van der Waals surface area contributed by atoms with E-state index in [2.05, 4.69) is 16.8 Å². The van der Waals surface area contributed by atoms with Crippen LogP contribution in [0.3, 0.4) is 0 Å². The van der Waals surface area contributed by atoms with Gasteiger partial charge in [-0.25, -0.2) is 9.78 Å². The van der Waals surface area contributed by atoms with Gasteiger partial charge in [0.2, 0.25) is 0 Å². The largest absolute Gasteiger partial charge is 0.465 e. The van der Waals surface area contributed by atoms with Gasteiger partial charge < -0.3 is 15.4 Å². The van der Waals surface area contributed by atoms with Crippen molar-refractivity contribution in [2.75, 3.05) is 24.8 Å². The van der Waals surface area contributed by atoms with Crippen molar-refractivity contribution in [1.82, 2.24) is 4.98 Å². The molecular weight excluding hydrogens is 266 g/mol. The highest BCUT2D eigenvalue weighted by Gasteiger charge is 2.24. The summed E-state index contributed by atoms with van der Waals surface area (Å²) in [5.74, 6) is 1.23. The fraction of sp³-hybridized carbons (Fsp3) is 0.625. The quantitative estimate of drug-likeness (QED) is 0.864. The van der Waals surface area contributed by atoms with Crippen molar-refractivity contribution in [3.05, 3.63) is 17.8 Å². The molecule has 1 saturated carbocycles. The average Bonchev–Trinajstić information content (AvgIpc) is 2.54. The van der Waals surface area contributed by atoms with Crippen molar-refractivity contribution in [2.24, 2.45) is 5.92 Å². The van der Waals surface area contributed by atoms with Gasteiger partial charge in [-0.15, -0.1) is 0 Å². The molecule has 2 N–H and O–H groups in total. The van der Waals surface area contributed by atoms with Crippen LogP contribution in [-0.4, -0.2) is 31.2 Å². The summed E-state index contributed by atoms with van der Waals surface area (Å²) >= 11 is 0. The summed E-state index contributed by atoms with van der Waals surface area (Å²) in [5.41, 5.74) is 6.54. The third-order valence-corrected chi connectivity index (χ3v) is 4.63. The Morgan fingerprint density at radius 3 is 2.67 bits per heavy atom. The van der Waals surface area contributed by atoms with Crippen molar-refractivity contribution < 1.29 is 9.53 Å². The molecule has 5 nitrogen and oxygen atoms in total. The lowest BCUT2D eigenvalue weighted by molar-refractivity contribution is 0.0602. The number of aromatic nitrogens is 1. The molecular formula is C16H25N3O2. The second kappa shape index (κ2) is 6.78. The van der Waals surface area contributed by atoms with Crippen molar-refractivity contribution in [2.45, 2.75) is 45.1 Å². The maximum absolute atomic E-state index is 11.7. The smallest absolute Gasteiger partial charge is 0.340 e. The summed E-state index contributed by atoms with van der Waals surface area (Å²) in [6, 6.07) is 2.21. The number of methoxy groups -OCH3 is 1. The summed E-state index contributed by atoms with van der Waals surface area (Å²) in [6.45, 7) is 2.26. The molecule has 1 aromatic heterocycles. The lowest BCUT2D eigenvalue weighted by atomic mass is 9.84. The van der Waals surface area contributed by atoms with Crippen LogP contribution in [-0.2, 0) is 4.74 Å². The molecule has 0 saturated heterocycles. The Morgan fingerprint density at radius 1 is 1.43 bits per heavy atom. The van der Waals surface area contributed by atoms with Gasteiger partial charge in [0.25, 0.3) is 0 Å². The van der Waals surface area contributed by atoms with Crippen LogP contribution in [0.15, 0.2) is 12.3 Å². The maximum atomic E-state index is 11.7. The molecule has 1 fully saturated rings. The number of nitrogens with two attached hydrogens (primary N) is 1. The number of anilines is 2. The zero-order chi connectivity index (χ0) is 15.4. The Morgan fingerprint density at radius 2 is 2.10 bits per heavy atom. The maximum Gasteiger partial charge on any atom is 0.340 e. The van der Waals surface area contributed by atoms with E-state index < -0.39 is 5.97 Å². The van der Waals surface area contributed by atoms with Gasteiger partial charge in [-0.3, -0.25) is 0 Å². The van der Waals surface area contributed by atoms with Gasteiger partial charge in [0, 0.05) is 13.1 Å². The number of ether oxygens (including phenoxy) is 1. The number of carbonyl (C=O) groups is 1. The first-order chi connectivity index (χ1) is 10.1. The van der Waals surface area contributed by atoms with Gasteiger partial charge >= 0.3 is 5.97 Å². The number of rotatable bonds is 4. The first-order valence-electron chi connectivity index (χ1n) is 7.63. The molecule has 0 unspecified atom stereocenters. The van der Waals surface area contributed by atoms with E-state index in [1.54, 1.807) is 6.07 Å². The molecule has 0 atom stereocenters. The molecule has 21 heavy (non-hydrogen) atoms. The zero-order valence-corrected chi connectivity index (χ0v) is 13.1. The monoisotopic (exact) mass is 291 g/mol. The Balaban J connectivity index is 2.12. The van der Waals surface area contributed by atoms with E-state index in [-0.39, 0.29) is 0 Å². The summed E-state index contributed by atoms with van der Waals surface area (Å²) in [6.07, 6.45) is 7.69. The van der Waals surface area contributed by atoms with E-state index in [9.17, 15) is 4.79 Å². The van der Waals surface area contributed by atoms with Crippen molar-refractivity contribution in [3.63, 3.8) is 0 Å². The highest BCUT2D eigenvalue weighted by atomic mass is 16.5. The highest BCUT2D eigenvalue weighted by Crippen LogP contribution is 2.31. The fourth-order valence-corrected chi connectivity index (χ4v) is 3.06. The lowest BCUT2D eigenvalue weighted by Crippen LogP contribution is -2.35. The van der Waals surface area contributed by atoms with Crippen LogP contribution in [0.5, 0.6) is 0 Å². The summed E-state index contributed by atoms with van der Waals surface area (Å²) < 4.78 is 4.76. The molecule has 0 radical (unpaired) electrons. The predicted molar refractivity (Wildman–Crippen MR) is 84.4 cm³/mol. The molecule has 0 amide bonds. The Labute approximate surface area is 126 Å². The second-order valence-electron chi connectivity index (χ2n) is 5.82. The van der Waals surface area contributed by atoms with E-state index in [1.165, 1.54) is 45.4 Å². The third kappa shape index (κ3) is 3.46. The number of nitrogen functional groups attached to an aromatic ring is 1. The molecule has 0 aromatic carbocycles. The minimum Gasteiger partial charge on any atom is -0.465 e. The number of pyridine rings is 1. The number of carbonyl (C=O) groups excluding carboxylic acids is 1. The molecule has 5 heteroatoms. The molecule has 1 aromatic rings. The van der Waals surface area contributed by atoms with Crippen LogP contribution in [0.1, 0.15) is 49.4 Å². The molecule has 0 bridgehead atoms. The van der Waals surface area contributed by atoms with E-state index in [1.807, 2.05) is 7.05 Å². The second-order valence-corrected chi connectivity index (χ2v) is 5.82. The van der Waals surface area contributed by atoms with Crippen molar-refractivity contribution in [3.8, 4) is 0 Å². The van der Waals surface area contributed by atoms with Gasteiger partial charge in [-0.05, 0) is 37.7 Å². The van der Waals surface area contributed by atoms with Crippen molar-refractivity contribution >= 4 is 17.5 Å². The molecule has 2 rings (SSSR count). The minimum atomic E-state index is -0.417. The van der Waals surface area contributed by atoms with Gasteiger partial charge in [-0.1, -0.05) is 13.3 Å². The van der Waals surface area contributed by atoms with Crippen LogP contribution >= 0.6 is 0 Å². The molecule has 0 spiro atoms. The van der Waals surface area contributed by atoms with Crippen LogP contribution in [0.4, 0.5) is 11.5 Å². The van der Waals surface area contributed by atoms with Crippen LogP contribution in [0.25, 0.3) is 0 Å². The van der Waals surface area contributed by atoms with Gasteiger partial charge in [0.05, 0.1) is 24.6 Å². The van der Waals surface area contributed by atoms with Gasteiger partial charge in [0.1, 0.15) is 5.82 Å².